The molecule has 0 aromatic heterocycles. The number of hydrogen-bond donors (Lipinski definition) is 2. The summed E-state index contributed by atoms with van der Waals surface area (Å²) < 4.78 is 0. The zero-order chi connectivity index (χ0) is 28.0. The molecule has 3 fully saturated rings. The number of halogens is 2. The second kappa shape index (κ2) is 8.40. The predicted molar refractivity (Wildman–Crippen MR) is 139 cm³/mol. The summed E-state index contributed by atoms with van der Waals surface area (Å²) in [5.41, 5.74) is 1.23. The van der Waals surface area contributed by atoms with Gasteiger partial charge < -0.3 is 10.2 Å². The smallest absolute Gasteiger partial charge is 0.335 e. The first-order chi connectivity index (χ1) is 18.4. The molecule has 6 atom stereocenters. The van der Waals surface area contributed by atoms with Crippen molar-refractivity contribution in [3.8, 4) is 5.75 Å². The first-order valence-electron chi connectivity index (χ1n) is 12.3. The zero-order valence-corrected chi connectivity index (χ0v) is 22.0. The number of rotatable bonds is 3. The van der Waals surface area contributed by atoms with E-state index in [1.54, 1.807) is 12.1 Å². The number of carboxylic acid groups (broad SMARTS) is 1. The standard InChI is InChI=1S/C28H22Cl2N2O7/c1-31-25(38)27(29)12-19-17(21(28(27,30)26(31)39)13-5-7-16(33)8-6-13)9-10-18-20(19)23(35)32(22(18)34)15-4-2-3-14(11-15)24(36)37/h2-9,11,18-21,33H,10,12H2,1H3,(H,36,37). The van der Waals surface area contributed by atoms with E-state index in [0.29, 0.717) is 11.1 Å². The number of amides is 4. The van der Waals surface area contributed by atoms with Gasteiger partial charge in [0.25, 0.3) is 11.8 Å². The number of allylic oxidation sites excluding steroid dienone is 2. The highest BCUT2D eigenvalue weighted by Gasteiger charge is 2.75. The lowest BCUT2D eigenvalue weighted by Gasteiger charge is -2.50. The average Bonchev–Trinajstić information content (AvgIpc) is 3.24. The van der Waals surface area contributed by atoms with Gasteiger partial charge in [0.2, 0.25) is 11.8 Å². The fourth-order valence-electron chi connectivity index (χ4n) is 6.82. The number of nitrogens with zero attached hydrogens (tertiary/aromatic N) is 2. The van der Waals surface area contributed by atoms with Crippen LogP contribution in [0.2, 0.25) is 0 Å². The van der Waals surface area contributed by atoms with E-state index in [2.05, 4.69) is 0 Å². The number of alkyl halides is 2. The van der Waals surface area contributed by atoms with Crippen molar-refractivity contribution >= 4 is 58.5 Å². The summed E-state index contributed by atoms with van der Waals surface area (Å²) in [4.78, 5) is 64.0. The number of phenols is 1. The first-order valence-corrected chi connectivity index (χ1v) is 13.1. The molecule has 6 unspecified atom stereocenters. The highest BCUT2D eigenvalue weighted by atomic mass is 35.5. The van der Waals surface area contributed by atoms with Gasteiger partial charge in [0.1, 0.15) is 5.75 Å². The molecule has 9 nitrogen and oxygen atoms in total. The van der Waals surface area contributed by atoms with Crippen molar-refractivity contribution < 1.29 is 34.2 Å². The van der Waals surface area contributed by atoms with Gasteiger partial charge in [-0.1, -0.05) is 29.8 Å². The zero-order valence-electron chi connectivity index (χ0n) is 20.5. The fourth-order valence-corrected chi connectivity index (χ4v) is 7.84. The lowest BCUT2D eigenvalue weighted by molar-refractivity contribution is -0.138. The van der Waals surface area contributed by atoms with Gasteiger partial charge in [-0.3, -0.25) is 29.0 Å². The van der Waals surface area contributed by atoms with Crippen LogP contribution in [0.25, 0.3) is 0 Å². The Morgan fingerprint density at radius 1 is 0.974 bits per heavy atom. The summed E-state index contributed by atoms with van der Waals surface area (Å²) in [6.07, 6.45) is 1.85. The van der Waals surface area contributed by atoms with Crippen LogP contribution in [0.15, 0.2) is 60.2 Å². The van der Waals surface area contributed by atoms with Crippen molar-refractivity contribution in [2.24, 2.45) is 17.8 Å². The van der Waals surface area contributed by atoms with Crippen LogP contribution in [0, 0.1) is 17.8 Å². The monoisotopic (exact) mass is 568 g/mol. The number of fused-ring (bicyclic) bond motifs is 4. The lowest BCUT2D eigenvalue weighted by Crippen LogP contribution is -2.60. The molecule has 4 aliphatic rings. The summed E-state index contributed by atoms with van der Waals surface area (Å²) in [5.74, 6) is -6.80. The second-order valence-electron chi connectivity index (χ2n) is 10.5. The average molecular weight is 569 g/mol. The molecular weight excluding hydrogens is 547 g/mol. The highest BCUT2D eigenvalue weighted by molar-refractivity contribution is 6.53. The molecular formula is C28H22Cl2N2O7. The number of phenolic OH excluding ortho intramolecular Hbond substituents is 1. The minimum atomic E-state index is -1.90. The molecule has 2 N–H and O–H groups in total. The van der Waals surface area contributed by atoms with Crippen molar-refractivity contribution in [3.63, 3.8) is 0 Å². The Morgan fingerprint density at radius 2 is 1.67 bits per heavy atom. The number of carbonyl (C=O) groups is 5. The number of aromatic carboxylic acids is 1. The van der Waals surface area contributed by atoms with Crippen LogP contribution in [0.5, 0.6) is 5.75 Å². The highest BCUT2D eigenvalue weighted by Crippen LogP contribution is 2.65. The van der Waals surface area contributed by atoms with Crippen molar-refractivity contribution in [1.29, 1.82) is 0 Å². The van der Waals surface area contributed by atoms with E-state index in [1.807, 2.05) is 6.08 Å². The molecule has 2 saturated heterocycles. The van der Waals surface area contributed by atoms with Gasteiger partial charge in [0, 0.05) is 13.0 Å². The van der Waals surface area contributed by atoms with E-state index in [1.165, 1.54) is 43.4 Å². The normalized spacial score (nSPS) is 33.6. The van der Waals surface area contributed by atoms with Crippen molar-refractivity contribution in [1.82, 2.24) is 4.90 Å². The number of carboxylic acids is 1. The Bertz CT molecular complexity index is 1520. The third kappa shape index (κ3) is 3.23. The Labute approximate surface area is 232 Å². The minimum absolute atomic E-state index is 0.00806. The molecule has 2 heterocycles. The molecule has 2 aliphatic heterocycles. The maximum absolute atomic E-state index is 13.9. The topological polar surface area (TPSA) is 132 Å². The number of aromatic hydroxyl groups is 1. The predicted octanol–water partition coefficient (Wildman–Crippen LogP) is 3.28. The van der Waals surface area contributed by atoms with Crippen LogP contribution in [0.4, 0.5) is 5.69 Å². The SMILES string of the molecule is CN1C(=O)C2(Cl)CC3C(=CCC4C(=O)N(c5cccc(C(=O)O)c5)C(=O)C43)C(c3ccc(O)cc3)C2(Cl)C1=O. The summed E-state index contributed by atoms with van der Waals surface area (Å²) in [6, 6.07) is 11.7. The number of benzene rings is 2. The van der Waals surface area contributed by atoms with Gasteiger partial charge in [-0.2, -0.15) is 0 Å². The second-order valence-corrected chi connectivity index (χ2v) is 11.7. The van der Waals surface area contributed by atoms with Gasteiger partial charge in [0.05, 0.1) is 23.1 Å². The van der Waals surface area contributed by atoms with Gasteiger partial charge in [0.15, 0.2) is 9.75 Å². The third-order valence-electron chi connectivity index (χ3n) is 8.59. The largest absolute Gasteiger partial charge is 0.508 e. The van der Waals surface area contributed by atoms with Gasteiger partial charge in [-0.15, -0.1) is 23.2 Å². The molecule has 39 heavy (non-hydrogen) atoms. The number of hydrogen-bond acceptors (Lipinski definition) is 6. The Morgan fingerprint density at radius 3 is 2.33 bits per heavy atom. The first kappa shape index (κ1) is 25.6. The van der Waals surface area contributed by atoms with E-state index in [4.69, 9.17) is 23.2 Å². The lowest BCUT2D eigenvalue weighted by atomic mass is 9.56. The molecule has 2 aromatic rings. The fraction of sp³-hybridized carbons (Fsp3) is 0.321. The van der Waals surface area contributed by atoms with E-state index in [9.17, 15) is 34.2 Å². The molecule has 2 aliphatic carbocycles. The van der Waals surface area contributed by atoms with Crippen molar-refractivity contribution in [3.05, 3.63) is 71.3 Å². The van der Waals surface area contributed by atoms with E-state index >= 15 is 0 Å². The quantitative estimate of drug-likeness (QED) is 0.330. The summed E-state index contributed by atoms with van der Waals surface area (Å²) in [6.45, 7) is 0. The molecule has 0 spiro atoms. The molecule has 2 aromatic carbocycles. The van der Waals surface area contributed by atoms with Gasteiger partial charge in [-0.25, -0.2) is 4.79 Å². The Kier molecular flexibility index (Phi) is 5.51. The Balaban J connectivity index is 1.49. The van der Waals surface area contributed by atoms with Gasteiger partial charge >= 0.3 is 5.97 Å². The van der Waals surface area contributed by atoms with E-state index in [-0.39, 0.29) is 29.8 Å². The number of likely N-dealkylation sites (tertiary alicyclic amines) is 1. The molecule has 0 radical (unpaired) electrons. The van der Waals surface area contributed by atoms with Crippen LogP contribution in [-0.4, -0.2) is 61.5 Å². The summed E-state index contributed by atoms with van der Waals surface area (Å²) in [7, 11) is 1.31. The maximum Gasteiger partial charge on any atom is 0.335 e. The molecule has 200 valence electrons. The van der Waals surface area contributed by atoms with Crippen LogP contribution in [-0.2, 0) is 19.2 Å². The van der Waals surface area contributed by atoms with Crippen molar-refractivity contribution in [2.45, 2.75) is 28.5 Å². The van der Waals surface area contributed by atoms with Crippen LogP contribution < -0.4 is 4.90 Å². The molecule has 0 bridgehead atoms. The third-order valence-corrected chi connectivity index (χ3v) is 10.0. The molecule has 6 rings (SSSR count). The van der Waals surface area contributed by atoms with Crippen LogP contribution in [0.3, 0.4) is 0 Å². The maximum atomic E-state index is 13.9. The Hall–Kier alpha value is -3.69. The number of anilines is 1. The van der Waals surface area contributed by atoms with Crippen LogP contribution >= 0.6 is 23.2 Å². The van der Waals surface area contributed by atoms with Crippen molar-refractivity contribution in [2.75, 3.05) is 11.9 Å². The summed E-state index contributed by atoms with van der Waals surface area (Å²) in [5, 5.41) is 19.3. The van der Waals surface area contributed by atoms with E-state index in [0.717, 1.165) is 9.80 Å². The number of carbonyl (C=O) groups excluding carboxylic acids is 4. The molecule has 1 saturated carbocycles. The van der Waals surface area contributed by atoms with E-state index < -0.39 is 63.0 Å². The minimum Gasteiger partial charge on any atom is -0.508 e. The number of imide groups is 2. The van der Waals surface area contributed by atoms with Gasteiger partial charge in [-0.05, 0) is 54.7 Å². The van der Waals surface area contributed by atoms with Crippen LogP contribution in [0.1, 0.15) is 34.7 Å². The molecule has 4 amide bonds. The summed E-state index contributed by atoms with van der Waals surface area (Å²) >= 11 is 14.2. The molecule has 11 heteroatoms.